The van der Waals surface area contributed by atoms with Crippen molar-refractivity contribution in [3.63, 3.8) is 0 Å². The summed E-state index contributed by atoms with van der Waals surface area (Å²) in [5.41, 5.74) is 6.90. The number of para-hydroxylation sites is 1. The maximum Gasteiger partial charge on any atom is 0.122 e. The second-order valence-corrected chi connectivity index (χ2v) is 4.46. The van der Waals surface area contributed by atoms with E-state index >= 15 is 0 Å². The first-order valence-electron chi connectivity index (χ1n) is 6.15. The highest BCUT2D eigenvalue weighted by Crippen LogP contribution is 2.21. The Labute approximate surface area is 108 Å². The second-order valence-electron chi connectivity index (χ2n) is 4.46. The first-order valence-corrected chi connectivity index (χ1v) is 6.15. The molecule has 0 amide bonds. The van der Waals surface area contributed by atoms with Gasteiger partial charge in [0.15, 0.2) is 0 Å². The van der Waals surface area contributed by atoms with E-state index in [4.69, 9.17) is 14.9 Å². The van der Waals surface area contributed by atoms with Crippen molar-refractivity contribution in [2.24, 2.45) is 5.73 Å². The van der Waals surface area contributed by atoms with Crippen molar-refractivity contribution in [2.75, 3.05) is 13.2 Å². The van der Waals surface area contributed by atoms with Crippen LogP contribution in [0.15, 0.2) is 40.8 Å². The molecule has 2 rings (SSSR count). The molecule has 0 bridgehead atoms. The highest BCUT2D eigenvalue weighted by Gasteiger charge is 2.14. The van der Waals surface area contributed by atoms with Gasteiger partial charge >= 0.3 is 0 Å². The summed E-state index contributed by atoms with van der Waals surface area (Å²) in [6.07, 6.45) is 0. The van der Waals surface area contributed by atoms with E-state index in [1.807, 2.05) is 50.2 Å². The molecular formula is C15H19NO2. The second kappa shape index (κ2) is 5.74. The maximum atomic E-state index is 5.81. The fraction of sp³-hybridized carbons (Fsp3) is 0.333. The first kappa shape index (κ1) is 12.7. The van der Waals surface area contributed by atoms with Gasteiger partial charge in [-0.05, 0) is 37.6 Å². The normalized spacial score (nSPS) is 12.4. The van der Waals surface area contributed by atoms with E-state index < -0.39 is 0 Å². The molecule has 0 radical (unpaired) electrons. The third-order valence-corrected chi connectivity index (χ3v) is 2.98. The van der Waals surface area contributed by atoms with Gasteiger partial charge in [0, 0.05) is 6.54 Å². The highest BCUT2D eigenvalue weighted by molar-refractivity contribution is 5.31. The summed E-state index contributed by atoms with van der Waals surface area (Å²) < 4.78 is 11.4. The molecule has 3 heteroatoms. The summed E-state index contributed by atoms with van der Waals surface area (Å²) >= 11 is 0. The van der Waals surface area contributed by atoms with Gasteiger partial charge in [-0.3, -0.25) is 0 Å². The lowest BCUT2D eigenvalue weighted by Gasteiger charge is -2.15. The lowest BCUT2D eigenvalue weighted by Crippen LogP contribution is -2.19. The molecule has 2 aromatic rings. The highest BCUT2D eigenvalue weighted by atomic mass is 16.5. The van der Waals surface area contributed by atoms with Crippen molar-refractivity contribution < 1.29 is 9.15 Å². The molecule has 1 aromatic carbocycles. The van der Waals surface area contributed by atoms with Gasteiger partial charge < -0.3 is 14.9 Å². The lowest BCUT2D eigenvalue weighted by molar-refractivity contribution is 0.269. The Morgan fingerprint density at radius 3 is 2.56 bits per heavy atom. The zero-order chi connectivity index (χ0) is 13.0. The zero-order valence-corrected chi connectivity index (χ0v) is 10.8. The maximum absolute atomic E-state index is 5.81. The van der Waals surface area contributed by atoms with Gasteiger partial charge in [0.05, 0.1) is 12.5 Å². The van der Waals surface area contributed by atoms with Crippen LogP contribution in [0.2, 0.25) is 0 Å². The topological polar surface area (TPSA) is 48.4 Å². The molecule has 1 atom stereocenters. The molecule has 96 valence electrons. The molecule has 18 heavy (non-hydrogen) atoms. The van der Waals surface area contributed by atoms with Gasteiger partial charge in [0.1, 0.15) is 17.3 Å². The van der Waals surface area contributed by atoms with Crippen LogP contribution in [0.1, 0.15) is 23.0 Å². The summed E-state index contributed by atoms with van der Waals surface area (Å²) in [5.74, 6) is 2.79. The van der Waals surface area contributed by atoms with Crippen LogP contribution in [0, 0.1) is 13.8 Å². The monoisotopic (exact) mass is 245 g/mol. The van der Waals surface area contributed by atoms with Gasteiger partial charge in [-0.2, -0.15) is 0 Å². The predicted molar refractivity (Wildman–Crippen MR) is 71.9 cm³/mol. The van der Waals surface area contributed by atoms with E-state index in [-0.39, 0.29) is 5.92 Å². The molecule has 0 spiro atoms. The van der Waals surface area contributed by atoms with Crippen LogP contribution in [0.25, 0.3) is 0 Å². The molecule has 0 saturated heterocycles. The molecule has 1 unspecified atom stereocenters. The van der Waals surface area contributed by atoms with Gasteiger partial charge in [-0.25, -0.2) is 0 Å². The average molecular weight is 245 g/mol. The smallest absolute Gasteiger partial charge is 0.122 e. The number of nitrogens with two attached hydrogens (primary N) is 1. The minimum absolute atomic E-state index is 0.0957. The van der Waals surface area contributed by atoms with Crippen LogP contribution < -0.4 is 10.5 Å². The summed E-state index contributed by atoms with van der Waals surface area (Å²) in [6.45, 7) is 5.01. The molecule has 0 aliphatic rings. The number of hydrogen-bond acceptors (Lipinski definition) is 3. The van der Waals surface area contributed by atoms with E-state index in [9.17, 15) is 0 Å². The third-order valence-electron chi connectivity index (χ3n) is 2.98. The van der Waals surface area contributed by atoms with Crippen LogP contribution >= 0.6 is 0 Å². The molecule has 2 N–H and O–H groups in total. The minimum Gasteiger partial charge on any atom is -0.493 e. The van der Waals surface area contributed by atoms with E-state index in [1.165, 1.54) is 0 Å². The molecule has 0 aliphatic heterocycles. The largest absolute Gasteiger partial charge is 0.493 e. The number of furan rings is 1. The molecule has 1 heterocycles. The van der Waals surface area contributed by atoms with E-state index in [1.54, 1.807) is 0 Å². The molecule has 0 fully saturated rings. The number of rotatable bonds is 5. The lowest BCUT2D eigenvalue weighted by atomic mass is 10.1. The quantitative estimate of drug-likeness (QED) is 0.880. The van der Waals surface area contributed by atoms with E-state index in [2.05, 4.69) is 0 Å². The SMILES string of the molecule is Cc1ccc(C(CN)COc2ccccc2C)o1. The zero-order valence-electron chi connectivity index (χ0n) is 10.8. The predicted octanol–water partition coefficient (Wildman–Crippen LogP) is 3.02. The van der Waals surface area contributed by atoms with Crippen molar-refractivity contribution in [1.82, 2.24) is 0 Å². The van der Waals surface area contributed by atoms with Gasteiger partial charge in [-0.15, -0.1) is 0 Å². The summed E-state index contributed by atoms with van der Waals surface area (Å²) in [4.78, 5) is 0. The fourth-order valence-electron chi connectivity index (χ4n) is 1.85. The average Bonchev–Trinajstić information content (AvgIpc) is 2.79. The fourth-order valence-corrected chi connectivity index (χ4v) is 1.85. The van der Waals surface area contributed by atoms with Gasteiger partial charge in [0.25, 0.3) is 0 Å². The molecule has 0 aliphatic carbocycles. The van der Waals surface area contributed by atoms with Gasteiger partial charge in [-0.1, -0.05) is 18.2 Å². The van der Waals surface area contributed by atoms with E-state index in [0.717, 1.165) is 22.8 Å². The van der Waals surface area contributed by atoms with Crippen molar-refractivity contribution in [3.8, 4) is 5.75 Å². The number of hydrogen-bond donors (Lipinski definition) is 1. The van der Waals surface area contributed by atoms with Crippen LogP contribution in [0.5, 0.6) is 5.75 Å². The van der Waals surface area contributed by atoms with Crippen LogP contribution in [0.3, 0.4) is 0 Å². The number of ether oxygens (including phenoxy) is 1. The van der Waals surface area contributed by atoms with Crippen LogP contribution in [-0.2, 0) is 0 Å². The molecular weight excluding hydrogens is 226 g/mol. The van der Waals surface area contributed by atoms with Crippen molar-refractivity contribution in [2.45, 2.75) is 19.8 Å². The first-order chi connectivity index (χ1) is 8.70. The Kier molecular flexibility index (Phi) is 4.05. The number of benzene rings is 1. The standard InChI is InChI=1S/C15H19NO2/c1-11-5-3-4-6-14(11)17-10-13(9-16)15-8-7-12(2)18-15/h3-8,13H,9-10,16H2,1-2H3. The van der Waals surface area contributed by atoms with Crippen molar-refractivity contribution >= 4 is 0 Å². The Bertz CT molecular complexity index is 505. The Hall–Kier alpha value is -1.74. The Morgan fingerprint density at radius 2 is 1.94 bits per heavy atom. The minimum atomic E-state index is 0.0957. The van der Waals surface area contributed by atoms with E-state index in [0.29, 0.717) is 13.2 Å². The summed E-state index contributed by atoms with van der Waals surface area (Å²) in [5, 5.41) is 0. The van der Waals surface area contributed by atoms with Crippen LogP contribution in [0.4, 0.5) is 0 Å². The number of aryl methyl sites for hydroxylation is 2. The Balaban J connectivity index is 2.02. The third kappa shape index (κ3) is 2.93. The van der Waals surface area contributed by atoms with Crippen LogP contribution in [-0.4, -0.2) is 13.2 Å². The Morgan fingerprint density at radius 1 is 1.17 bits per heavy atom. The van der Waals surface area contributed by atoms with Gasteiger partial charge in [0.2, 0.25) is 0 Å². The summed E-state index contributed by atoms with van der Waals surface area (Å²) in [6, 6.07) is 11.9. The van der Waals surface area contributed by atoms with Crippen molar-refractivity contribution in [1.29, 1.82) is 0 Å². The van der Waals surface area contributed by atoms with Crippen molar-refractivity contribution in [3.05, 3.63) is 53.5 Å². The molecule has 0 saturated carbocycles. The summed E-state index contributed by atoms with van der Waals surface area (Å²) in [7, 11) is 0. The molecule has 1 aromatic heterocycles. The molecule has 3 nitrogen and oxygen atoms in total.